The monoisotopic (exact) mass is 296 g/mol. The summed E-state index contributed by atoms with van der Waals surface area (Å²) in [6.07, 6.45) is -0.118. The fourth-order valence-electron chi connectivity index (χ4n) is 1.39. The van der Waals surface area contributed by atoms with E-state index in [1.165, 1.54) is 11.1 Å². The summed E-state index contributed by atoms with van der Waals surface area (Å²) in [7, 11) is 3.39. The van der Waals surface area contributed by atoms with Crippen LogP contribution in [-0.4, -0.2) is 30.3 Å². The van der Waals surface area contributed by atoms with Gasteiger partial charge in [0.15, 0.2) is 5.11 Å². The number of ether oxygens (including phenoxy) is 1. The van der Waals surface area contributed by atoms with E-state index in [2.05, 4.69) is 10.7 Å². The first-order valence-electron chi connectivity index (χ1n) is 6.01. The van der Waals surface area contributed by atoms with Gasteiger partial charge in [0.1, 0.15) is 17.6 Å². The Labute approximate surface area is 123 Å². The van der Waals surface area contributed by atoms with Crippen molar-refractivity contribution in [3.05, 3.63) is 23.5 Å². The molecule has 0 aliphatic heterocycles. The topological polar surface area (TPSA) is 60.3 Å². The molecule has 0 bridgehead atoms. The van der Waals surface area contributed by atoms with Crippen molar-refractivity contribution in [2.24, 2.45) is 0 Å². The van der Waals surface area contributed by atoms with Crippen LogP contribution in [0.15, 0.2) is 12.1 Å². The van der Waals surface area contributed by atoms with Crippen molar-refractivity contribution in [1.82, 2.24) is 10.4 Å². The van der Waals surface area contributed by atoms with Crippen molar-refractivity contribution < 1.29 is 9.13 Å². The Hall–Kier alpha value is -1.91. The molecule has 1 aromatic carbocycles. The van der Waals surface area contributed by atoms with E-state index in [-0.39, 0.29) is 17.4 Å². The second-order valence-corrected chi connectivity index (χ2v) is 4.71. The summed E-state index contributed by atoms with van der Waals surface area (Å²) in [6, 6.07) is 4.47. The van der Waals surface area contributed by atoms with Gasteiger partial charge in [0.2, 0.25) is 0 Å². The standard InChI is InChI=1S/C13H17FN4OS/c1-8(2)19-12-6-11(10(14)5-9(12)7-15)17-13(20)18(4)16-3/h5-6,8,16H,1-4H3,(H,17,20). The number of hydrogen-bond donors (Lipinski definition) is 2. The molecule has 0 unspecified atom stereocenters. The quantitative estimate of drug-likeness (QED) is 0.656. The largest absolute Gasteiger partial charge is 0.490 e. The predicted octanol–water partition coefficient (Wildman–Crippen LogP) is 2.25. The maximum atomic E-state index is 13.9. The van der Waals surface area contributed by atoms with Crippen LogP contribution >= 0.6 is 12.2 Å². The molecule has 7 heteroatoms. The van der Waals surface area contributed by atoms with E-state index in [9.17, 15) is 4.39 Å². The van der Waals surface area contributed by atoms with Crippen molar-refractivity contribution in [3.8, 4) is 11.8 Å². The van der Waals surface area contributed by atoms with Gasteiger partial charge in [-0.2, -0.15) is 5.26 Å². The van der Waals surface area contributed by atoms with Gasteiger partial charge in [-0.1, -0.05) is 0 Å². The van der Waals surface area contributed by atoms with Gasteiger partial charge >= 0.3 is 0 Å². The average molecular weight is 296 g/mol. The van der Waals surface area contributed by atoms with Crippen LogP contribution in [0.4, 0.5) is 10.1 Å². The van der Waals surface area contributed by atoms with Crippen LogP contribution in [-0.2, 0) is 0 Å². The molecule has 0 aromatic heterocycles. The molecule has 0 spiro atoms. The first-order valence-corrected chi connectivity index (χ1v) is 6.42. The zero-order valence-corrected chi connectivity index (χ0v) is 12.6. The molecule has 1 rings (SSSR count). The van der Waals surface area contributed by atoms with Gasteiger partial charge in [0, 0.05) is 20.2 Å². The Morgan fingerprint density at radius 2 is 2.15 bits per heavy atom. The molecule has 2 N–H and O–H groups in total. The molecule has 0 saturated heterocycles. The van der Waals surface area contributed by atoms with E-state index in [0.717, 1.165) is 6.07 Å². The highest BCUT2D eigenvalue weighted by Crippen LogP contribution is 2.27. The highest BCUT2D eigenvalue weighted by atomic mass is 32.1. The Morgan fingerprint density at radius 1 is 1.50 bits per heavy atom. The minimum absolute atomic E-state index is 0.118. The van der Waals surface area contributed by atoms with Gasteiger partial charge in [-0.15, -0.1) is 0 Å². The van der Waals surface area contributed by atoms with E-state index < -0.39 is 5.82 Å². The maximum Gasteiger partial charge on any atom is 0.187 e. The Morgan fingerprint density at radius 3 is 2.65 bits per heavy atom. The lowest BCUT2D eigenvalue weighted by Gasteiger charge is -2.20. The third kappa shape index (κ3) is 4.05. The van der Waals surface area contributed by atoms with E-state index >= 15 is 0 Å². The van der Waals surface area contributed by atoms with E-state index in [4.69, 9.17) is 22.2 Å². The number of hydrogen-bond acceptors (Lipinski definition) is 4. The van der Waals surface area contributed by atoms with Gasteiger partial charge in [0.05, 0.1) is 17.4 Å². The molecule has 0 radical (unpaired) electrons. The number of nitrogens with one attached hydrogen (secondary N) is 2. The fraction of sp³-hybridized carbons (Fsp3) is 0.385. The van der Waals surface area contributed by atoms with Crippen LogP contribution in [0.25, 0.3) is 0 Å². The Kier molecular flexibility index (Phi) is 5.67. The first kappa shape index (κ1) is 16.1. The number of thiocarbonyl (C=S) groups is 1. The maximum absolute atomic E-state index is 13.9. The van der Waals surface area contributed by atoms with Gasteiger partial charge in [-0.25, -0.2) is 9.82 Å². The van der Waals surface area contributed by atoms with Crippen LogP contribution in [0.3, 0.4) is 0 Å². The molecular formula is C13H17FN4OS. The molecule has 0 aliphatic carbocycles. The lowest BCUT2D eigenvalue weighted by atomic mass is 10.2. The molecule has 0 atom stereocenters. The second-order valence-electron chi connectivity index (χ2n) is 4.32. The van der Waals surface area contributed by atoms with Crippen molar-refractivity contribution in [2.45, 2.75) is 20.0 Å². The molecule has 108 valence electrons. The number of rotatable bonds is 4. The van der Waals surface area contributed by atoms with Gasteiger partial charge in [-0.05, 0) is 32.1 Å². The zero-order chi connectivity index (χ0) is 15.3. The number of nitriles is 1. The summed E-state index contributed by atoms with van der Waals surface area (Å²) in [6.45, 7) is 3.66. The average Bonchev–Trinajstić information content (AvgIpc) is 2.40. The minimum Gasteiger partial charge on any atom is -0.490 e. The Balaban J connectivity index is 3.09. The number of halogens is 1. The summed E-state index contributed by atoms with van der Waals surface area (Å²) in [4.78, 5) is 0. The normalized spacial score (nSPS) is 10.1. The first-order chi connectivity index (χ1) is 9.38. The van der Waals surface area contributed by atoms with E-state index in [1.54, 1.807) is 14.1 Å². The van der Waals surface area contributed by atoms with E-state index in [1.807, 2.05) is 19.9 Å². The molecular weight excluding hydrogens is 279 g/mol. The molecule has 0 heterocycles. The third-order valence-electron chi connectivity index (χ3n) is 2.43. The zero-order valence-electron chi connectivity index (χ0n) is 11.8. The number of hydrazine groups is 1. The Bertz CT molecular complexity index is 542. The number of nitrogens with zero attached hydrogens (tertiary/aromatic N) is 2. The highest BCUT2D eigenvalue weighted by molar-refractivity contribution is 7.80. The van der Waals surface area contributed by atoms with Crippen molar-refractivity contribution in [2.75, 3.05) is 19.4 Å². The molecule has 0 fully saturated rings. The van der Waals surface area contributed by atoms with Crippen molar-refractivity contribution >= 4 is 23.0 Å². The highest BCUT2D eigenvalue weighted by Gasteiger charge is 2.14. The summed E-state index contributed by atoms with van der Waals surface area (Å²) >= 11 is 5.09. The second kappa shape index (κ2) is 7.03. The number of benzene rings is 1. The summed E-state index contributed by atoms with van der Waals surface area (Å²) < 4.78 is 19.4. The smallest absolute Gasteiger partial charge is 0.187 e. The van der Waals surface area contributed by atoms with Gasteiger partial charge in [0.25, 0.3) is 0 Å². The molecule has 0 aliphatic rings. The molecule has 0 saturated carbocycles. The van der Waals surface area contributed by atoms with Crippen LogP contribution in [0.1, 0.15) is 19.4 Å². The van der Waals surface area contributed by atoms with Gasteiger partial charge in [-0.3, -0.25) is 5.01 Å². The van der Waals surface area contributed by atoms with Crippen molar-refractivity contribution in [1.29, 1.82) is 5.26 Å². The predicted molar refractivity (Wildman–Crippen MR) is 79.9 cm³/mol. The van der Waals surface area contributed by atoms with Crippen LogP contribution in [0, 0.1) is 17.1 Å². The van der Waals surface area contributed by atoms with Crippen molar-refractivity contribution in [3.63, 3.8) is 0 Å². The summed E-state index contributed by atoms with van der Waals surface area (Å²) in [5.74, 6) is -0.245. The molecule has 0 amide bonds. The molecule has 20 heavy (non-hydrogen) atoms. The van der Waals surface area contributed by atoms with E-state index in [0.29, 0.717) is 10.9 Å². The summed E-state index contributed by atoms with van der Waals surface area (Å²) in [5, 5.41) is 13.6. The van der Waals surface area contributed by atoms with Crippen LogP contribution in [0.5, 0.6) is 5.75 Å². The summed E-state index contributed by atoms with van der Waals surface area (Å²) in [5.41, 5.74) is 3.10. The molecule has 1 aromatic rings. The third-order valence-corrected chi connectivity index (χ3v) is 2.81. The lowest BCUT2D eigenvalue weighted by molar-refractivity contribution is 0.241. The lowest BCUT2D eigenvalue weighted by Crippen LogP contribution is -2.39. The fourth-order valence-corrected chi connectivity index (χ4v) is 1.59. The minimum atomic E-state index is -0.565. The SMILES string of the molecule is CNN(C)C(=S)Nc1cc(OC(C)C)c(C#N)cc1F. The van der Waals surface area contributed by atoms with Gasteiger partial charge < -0.3 is 10.1 Å². The van der Waals surface area contributed by atoms with Crippen LogP contribution in [0.2, 0.25) is 0 Å². The van der Waals surface area contributed by atoms with Crippen LogP contribution < -0.4 is 15.5 Å². The number of anilines is 1. The molecule has 5 nitrogen and oxygen atoms in total.